The fraction of sp³-hybridized carbons (Fsp3) is 0.333. The Hall–Kier alpha value is -2.15. The average Bonchev–Trinajstić information content (AvgIpc) is 2.81. The molecule has 1 atom stereocenters. The van der Waals surface area contributed by atoms with Gasteiger partial charge in [-0.1, -0.05) is 11.8 Å². The molecular formula is C15H17N3O3S. The van der Waals surface area contributed by atoms with Crippen molar-refractivity contribution in [2.24, 2.45) is 0 Å². The highest BCUT2D eigenvalue weighted by Gasteiger charge is 2.26. The SMILES string of the molecule is COC(=O)c1c(C)[nH]c(C(=O)[C@@H](C)Sc2ncccn2)c1C. The standard InChI is InChI=1S/C15H17N3O3S/c1-8-11(14(20)21-4)9(2)18-12(8)13(19)10(3)22-15-16-6-5-7-17-15/h5-7,10,18H,1-4H3/t10-/m1/s1. The van der Waals surface area contributed by atoms with Crippen LogP contribution in [-0.2, 0) is 4.74 Å². The predicted octanol–water partition coefficient (Wildman–Crippen LogP) is 2.57. The highest BCUT2D eigenvalue weighted by atomic mass is 32.2. The van der Waals surface area contributed by atoms with Crippen molar-refractivity contribution in [2.45, 2.75) is 31.2 Å². The summed E-state index contributed by atoms with van der Waals surface area (Å²) in [6.45, 7) is 5.27. The summed E-state index contributed by atoms with van der Waals surface area (Å²) in [6.07, 6.45) is 3.26. The van der Waals surface area contributed by atoms with Gasteiger partial charge in [-0.2, -0.15) is 0 Å². The van der Waals surface area contributed by atoms with Crippen LogP contribution in [0.4, 0.5) is 0 Å². The Balaban J connectivity index is 2.24. The van der Waals surface area contributed by atoms with Gasteiger partial charge in [0.2, 0.25) is 0 Å². The van der Waals surface area contributed by atoms with E-state index in [2.05, 4.69) is 15.0 Å². The molecule has 1 N–H and O–H groups in total. The second-order valence-electron chi connectivity index (χ2n) is 4.77. The van der Waals surface area contributed by atoms with Crippen molar-refractivity contribution >= 4 is 23.5 Å². The molecule has 116 valence electrons. The first-order valence-corrected chi connectivity index (χ1v) is 7.59. The number of aryl methyl sites for hydroxylation is 1. The number of nitrogens with zero attached hydrogens (tertiary/aromatic N) is 2. The molecule has 2 rings (SSSR count). The largest absolute Gasteiger partial charge is 0.465 e. The van der Waals surface area contributed by atoms with Crippen LogP contribution < -0.4 is 0 Å². The van der Waals surface area contributed by atoms with Gasteiger partial charge in [0, 0.05) is 18.1 Å². The van der Waals surface area contributed by atoms with Crippen LogP contribution in [0.2, 0.25) is 0 Å². The van der Waals surface area contributed by atoms with Gasteiger partial charge in [-0.15, -0.1) is 0 Å². The van der Waals surface area contributed by atoms with E-state index in [0.717, 1.165) is 0 Å². The van der Waals surface area contributed by atoms with Crippen molar-refractivity contribution in [2.75, 3.05) is 7.11 Å². The monoisotopic (exact) mass is 319 g/mol. The number of hydrogen-bond acceptors (Lipinski definition) is 6. The van der Waals surface area contributed by atoms with E-state index < -0.39 is 5.97 Å². The van der Waals surface area contributed by atoms with E-state index in [-0.39, 0.29) is 11.0 Å². The molecule has 0 aromatic carbocycles. The molecule has 22 heavy (non-hydrogen) atoms. The van der Waals surface area contributed by atoms with Crippen LogP contribution in [0.25, 0.3) is 0 Å². The van der Waals surface area contributed by atoms with Gasteiger partial charge in [0.05, 0.1) is 23.6 Å². The van der Waals surface area contributed by atoms with Gasteiger partial charge >= 0.3 is 5.97 Å². The Bertz CT molecular complexity index is 698. The van der Waals surface area contributed by atoms with Crippen molar-refractivity contribution < 1.29 is 14.3 Å². The molecule has 2 aromatic rings. The fourth-order valence-electron chi connectivity index (χ4n) is 2.17. The predicted molar refractivity (Wildman–Crippen MR) is 83.3 cm³/mol. The molecule has 0 amide bonds. The number of methoxy groups -OCH3 is 1. The minimum atomic E-state index is -0.447. The number of ether oxygens (including phenoxy) is 1. The van der Waals surface area contributed by atoms with Crippen LogP contribution in [-0.4, -0.2) is 39.1 Å². The number of ketones is 1. The summed E-state index contributed by atoms with van der Waals surface area (Å²) in [5.41, 5.74) is 2.07. The van der Waals surface area contributed by atoms with E-state index in [4.69, 9.17) is 4.74 Å². The Labute approximate surface area is 132 Å². The number of thioether (sulfide) groups is 1. The lowest BCUT2D eigenvalue weighted by Crippen LogP contribution is -2.16. The number of H-pyrrole nitrogens is 1. The van der Waals surface area contributed by atoms with Gasteiger partial charge in [0.15, 0.2) is 10.9 Å². The van der Waals surface area contributed by atoms with E-state index in [1.54, 1.807) is 39.2 Å². The topological polar surface area (TPSA) is 84.9 Å². The van der Waals surface area contributed by atoms with Gasteiger partial charge in [-0.05, 0) is 32.4 Å². The summed E-state index contributed by atoms with van der Waals surface area (Å²) >= 11 is 1.28. The van der Waals surface area contributed by atoms with Gasteiger partial charge in [-0.3, -0.25) is 4.79 Å². The summed E-state index contributed by atoms with van der Waals surface area (Å²) in [5, 5.41) is 0.169. The normalized spacial score (nSPS) is 12.0. The van der Waals surface area contributed by atoms with Crippen LogP contribution in [0.5, 0.6) is 0 Å². The van der Waals surface area contributed by atoms with E-state index in [0.29, 0.717) is 27.7 Å². The second kappa shape index (κ2) is 6.74. The number of aromatic amines is 1. The molecule has 0 unspecified atom stereocenters. The number of rotatable bonds is 5. The molecule has 7 heteroatoms. The van der Waals surface area contributed by atoms with E-state index in [1.165, 1.54) is 18.9 Å². The smallest absolute Gasteiger partial charge is 0.339 e. The molecule has 0 saturated carbocycles. The molecule has 2 heterocycles. The Kier molecular flexibility index (Phi) is 4.97. The lowest BCUT2D eigenvalue weighted by atomic mass is 10.1. The number of aromatic nitrogens is 3. The summed E-state index contributed by atoms with van der Waals surface area (Å²) < 4.78 is 4.75. The van der Waals surface area contributed by atoms with Crippen molar-refractivity contribution in [3.63, 3.8) is 0 Å². The van der Waals surface area contributed by atoms with E-state index >= 15 is 0 Å². The van der Waals surface area contributed by atoms with Crippen molar-refractivity contribution in [3.8, 4) is 0 Å². The van der Waals surface area contributed by atoms with Crippen LogP contribution in [0.3, 0.4) is 0 Å². The molecule has 0 aliphatic heterocycles. The van der Waals surface area contributed by atoms with Gasteiger partial charge in [0.1, 0.15) is 0 Å². The summed E-state index contributed by atoms with van der Waals surface area (Å²) in [5.74, 6) is -0.551. The van der Waals surface area contributed by atoms with Crippen LogP contribution >= 0.6 is 11.8 Å². The maximum Gasteiger partial charge on any atom is 0.339 e. The molecule has 0 radical (unpaired) electrons. The quantitative estimate of drug-likeness (QED) is 0.394. The number of Topliss-reactive ketones (excluding diaryl/α,β-unsaturated/α-hetero) is 1. The molecule has 0 bridgehead atoms. The number of hydrogen-bond donors (Lipinski definition) is 1. The fourth-order valence-corrected chi connectivity index (χ4v) is 2.95. The number of nitrogens with one attached hydrogen (secondary N) is 1. The highest BCUT2D eigenvalue weighted by molar-refractivity contribution is 8.00. The highest BCUT2D eigenvalue weighted by Crippen LogP contribution is 2.25. The Morgan fingerprint density at radius 2 is 1.91 bits per heavy atom. The first-order chi connectivity index (χ1) is 10.5. The van der Waals surface area contributed by atoms with Gasteiger partial charge in [0.25, 0.3) is 0 Å². The van der Waals surface area contributed by atoms with Crippen molar-refractivity contribution in [1.29, 1.82) is 0 Å². The lowest BCUT2D eigenvalue weighted by molar-refractivity contribution is 0.0599. The maximum atomic E-state index is 12.6. The van der Waals surface area contributed by atoms with Crippen molar-refractivity contribution in [1.82, 2.24) is 15.0 Å². The van der Waals surface area contributed by atoms with Gasteiger partial charge < -0.3 is 9.72 Å². The molecule has 0 aliphatic rings. The zero-order valence-electron chi connectivity index (χ0n) is 12.8. The Morgan fingerprint density at radius 3 is 2.50 bits per heavy atom. The second-order valence-corrected chi connectivity index (χ2v) is 6.08. The zero-order valence-corrected chi connectivity index (χ0v) is 13.7. The summed E-state index contributed by atoms with van der Waals surface area (Å²) in [6, 6.07) is 1.72. The number of esters is 1. The third-order valence-corrected chi connectivity index (χ3v) is 4.26. The average molecular weight is 319 g/mol. The van der Waals surface area contributed by atoms with E-state index in [9.17, 15) is 9.59 Å². The molecule has 6 nitrogen and oxygen atoms in total. The molecule has 2 aromatic heterocycles. The van der Waals surface area contributed by atoms with Crippen molar-refractivity contribution in [3.05, 3.63) is 41.0 Å². The lowest BCUT2D eigenvalue weighted by Gasteiger charge is -2.08. The summed E-state index contributed by atoms with van der Waals surface area (Å²) in [7, 11) is 1.32. The van der Waals surface area contributed by atoms with Crippen LogP contribution in [0.1, 0.15) is 39.0 Å². The molecule has 0 saturated heterocycles. The first-order valence-electron chi connectivity index (χ1n) is 6.71. The molecule has 0 aliphatic carbocycles. The summed E-state index contributed by atoms with van der Waals surface area (Å²) in [4.78, 5) is 35.5. The number of carbonyl (C=O) groups excluding carboxylic acids is 2. The first kappa shape index (κ1) is 16.2. The van der Waals surface area contributed by atoms with Crippen LogP contribution in [0, 0.1) is 13.8 Å². The van der Waals surface area contributed by atoms with Gasteiger partial charge in [-0.25, -0.2) is 14.8 Å². The zero-order chi connectivity index (χ0) is 16.3. The third kappa shape index (κ3) is 3.19. The molecule has 0 fully saturated rings. The van der Waals surface area contributed by atoms with E-state index in [1.807, 2.05) is 0 Å². The molecule has 0 spiro atoms. The molecular weight excluding hydrogens is 302 g/mol. The minimum absolute atomic E-state index is 0.104. The maximum absolute atomic E-state index is 12.6. The Morgan fingerprint density at radius 1 is 1.27 bits per heavy atom. The number of carbonyl (C=O) groups is 2. The third-order valence-electron chi connectivity index (χ3n) is 3.27. The van der Waals surface area contributed by atoms with Crippen LogP contribution in [0.15, 0.2) is 23.6 Å². The minimum Gasteiger partial charge on any atom is -0.465 e.